The Labute approximate surface area is 110 Å². The number of aromatic nitrogens is 2. The smallest absolute Gasteiger partial charge is 0.258 e. The van der Waals surface area contributed by atoms with Crippen molar-refractivity contribution >= 4 is 11.9 Å². The normalized spacial score (nSPS) is 9.74. The fourth-order valence-electron chi connectivity index (χ4n) is 1.69. The van der Waals surface area contributed by atoms with Gasteiger partial charge >= 0.3 is 0 Å². The van der Waals surface area contributed by atoms with E-state index in [1.54, 1.807) is 18.2 Å². The molecule has 0 atom stereocenters. The van der Waals surface area contributed by atoms with Crippen LogP contribution in [0.5, 0.6) is 0 Å². The molecule has 0 unspecified atom stereocenters. The van der Waals surface area contributed by atoms with Crippen LogP contribution in [0.4, 0.5) is 5.95 Å². The molecule has 0 aliphatic rings. The van der Waals surface area contributed by atoms with Gasteiger partial charge in [-0.15, -0.1) is 0 Å². The van der Waals surface area contributed by atoms with E-state index >= 15 is 0 Å². The van der Waals surface area contributed by atoms with Crippen LogP contribution in [0.2, 0.25) is 0 Å². The fraction of sp³-hybridized carbons (Fsp3) is 0.143. The summed E-state index contributed by atoms with van der Waals surface area (Å²) in [7, 11) is 0. The van der Waals surface area contributed by atoms with Crippen LogP contribution in [0.1, 0.15) is 27.3 Å². The number of carbonyl (C=O) groups excluding carboxylic acids is 1. The second-order valence-corrected chi connectivity index (χ2v) is 4.12. The zero-order chi connectivity index (χ0) is 13.8. The Hall–Kier alpha value is -2.74. The molecule has 0 aliphatic heterocycles. The number of nitriles is 1. The van der Waals surface area contributed by atoms with Gasteiger partial charge in [-0.1, -0.05) is 6.07 Å². The Morgan fingerprint density at radius 1 is 1.21 bits per heavy atom. The number of nitrogens with zero attached hydrogens (tertiary/aromatic N) is 3. The summed E-state index contributed by atoms with van der Waals surface area (Å²) in [6.07, 6.45) is 0. The largest absolute Gasteiger partial charge is 0.290 e. The van der Waals surface area contributed by atoms with E-state index in [0.29, 0.717) is 11.1 Å². The van der Waals surface area contributed by atoms with Gasteiger partial charge in [-0.3, -0.25) is 10.1 Å². The molecule has 0 spiro atoms. The number of rotatable bonds is 2. The van der Waals surface area contributed by atoms with Crippen molar-refractivity contribution in [3.8, 4) is 6.07 Å². The topological polar surface area (TPSA) is 78.7 Å². The molecule has 0 aliphatic carbocycles. The number of hydrogen-bond acceptors (Lipinski definition) is 4. The minimum Gasteiger partial charge on any atom is -0.290 e. The van der Waals surface area contributed by atoms with Gasteiger partial charge in [0.2, 0.25) is 5.95 Å². The van der Waals surface area contributed by atoms with Crippen molar-refractivity contribution in [1.29, 1.82) is 5.26 Å². The lowest BCUT2D eigenvalue weighted by Gasteiger charge is -2.05. The van der Waals surface area contributed by atoms with Crippen LogP contribution in [0.15, 0.2) is 30.3 Å². The third-order valence-electron chi connectivity index (χ3n) is 2.46. The highest BCUT2D eigenvalue weighted by atomic mass is 16.1. The zero-order valence-corrected chi connectivity index (χ0v) is 10.6. The van der Waals surface area contributed by atoms with Gasteiger partial charge in [-0.25, -0.2) is 9.97 Å². The minimum absolute atomic E-state index is 0.268. The van der Waals surface area contributed by atoms with E-state index in [1.807, 2.05) is 26.0 Å². The van der Waals surface area contributed by atoms with Crippen molar-refractivity contribution in [1.82, 2.24) is 9.97 Å². The summed E-state index contributed by atoms with van der Waals surface area (Å²) in [4.78, 5) is 20.3. The highest BCUT2D eigenvalue weighted by Crippen LogP contribution is 2.08. The molecular weight excluding hydrogens is 240 g/mol. The van der Waals surface area contributed by atoms with E-state index in [2.05, 4.69) is 15.3 Å². The summed E-state index contributed by atoms with van der Waals surface area (Å²) in [6, 6.07) is 10.3. The van der Waals surface area contributed by atoms with Gasteiger partial charge in [0.15, 0.2) is 0 Å². The van der Waals surface area contributed by atoms with Crippen molar-refractivity contribution in [3.63, 3.8) is 0 Å². The number of nitrogens with one attached hydrogen (secondary N) is 1. The van der Waals surface area contributed by atoms with Gasteiger partial charge in [0.25, 0.3) is 5.91 Å². The van der Waals surface area contributed by atoms with Crippen molar-refractivity contribution in [2.24, 2.45) is 0 Å². The number of carbonyl (C=O) groups is 1. The molecule has 2 aromatic rings. The number of benzene rings is 1. The summed E-state index contributed by atoms with van der Waals surface area (Å²) in [5.74, 6) is -0.0630. The second-order valence-electron chi connectivity index (χ2n) is 4.12. The van der Waals surface area contributed by atoms with Gasteiger partial charge in [-0.05, 0) is 38.1 Å². The van der Waals surface area contributed by atoms with Crippen molar-refractivity contribution in [2.45, 2.75) is 13.8 Å². The third-order valence-corrected chi connectivity index (χ3v) is 2.46. The van der Waals surface area contributed by atoms with Crippen LogP contribution in [0.3, 0.4) is 0 Å². The summed E-state index contributed by atoms with van der Waals surface area (Å²) >= 11 is 0. The SMILES string of the molecule is Cc1cc(C)nc(NC(=O)c2cccc(C#N)c2)n1. The third kappa shape index (κ3) is 3.13. The molecule has 0 saturated carbocycles. The molecule has 5 heteroatoms. The highest BCUT2D eigenvalue weighted by Gasteiger charge is 2.09. The van der Waals surface area contributed by atoms with E-state index in [9.17, 15) is 4.79 Å². The predicted molar refractivity (Wildman–Crippen MR) is 70.6 cm³/mol. The number of hydrogen-bond donors (Lipinski definition) is 1. The van der Waals surface area contributed by atoms with Gasteiger partial charge < -0.3 is 0 Å². The van der Waals surface area contributed by atoms with Gasteiger partial charge in [0, 0.05) is 17.0 Å². The molecule has 0 bridgehead atoms. The summed E-state index contributed by atoms with van der Waals surface area (Å²) in [5.41, 5.74) is 2.41. The molecule has 5 nitrogen and oxygen atoms in total. The molecule has 19 heavy (non-hydrogen) atoms. The quantitative estimate of drug-likeness (QED) is 0.888. The molecule has 1 amide bonds. The Kier molecular flexibility index (Phi) is 3.53. The fourth-order valence-corrected chi connectivity index (χ4v) is 1.69. The van der Waals surface area contributed by atoms with Crippen molar-refractivity contribution in [2.75, 3.05) is 5.32 Å². The first kappa shape index (κ1) is 12.7. The van der Waals surface area contributed by atoms with E-state index < -0.39 is 0 Å². The monoisotopic (exact) mass is 252 g/mol. The average molecular weight is 252 g/mol. The molecule has 0 saturated heterocycles. The van der Waals surface area contributed by atoms with Crippen molar-refractivity contribution in [3.05, 3.63) is 52.8 Å². The van der Waals surface area contributed by atoms with E-state index in [0.717, 1.165) is 11.4 Å². The first-order valence-corrected chi connectivity index (χ1v) is 5.72. The maximum Gasteiger partial charge on any atom is 0.258 e. The van der Waals surface area contributed by atoms with Crippen LogP contribution in [0, 0.1) is 25.2 Å². The second kappa shape index (κ2) is 5.27. The molecule has 0 radical (unpaired) electrons. The molecule has 0 fully saturated rings. The standard InChI is InChI=1S/C14H12N4O/c1-9-6-10(2)17-14(16-9)18-13(19)12-5-3-4-11(7-12)8-15/h3-7H,1-2H3,(H,16,17,18,19). The van der Waals surface area contributed by atoms with E-state index in [1.165, 1.54) is 6.07 Å². The lowest BCUT2D eigenvalue weighted by atomic mass is 10.1. The number of aryl methyl sites for hydroxylation is 2. The van der Waals surface area contributed by atoms with Gasteiger partial charge in [0.05, 0.1) is 11.6 Å². The average Bonchev–Trinajstić information content (AvgIpc) is 2.37. The van der Waals surface area contributed by atoms with Gasteiger partial charge in [-0.2, -0.15) is 5.26 Å². The Bertz CT molecular complexity index is 653. The van der Waals surface area contributed by atoms with Crippen LogP contribution >= 0.6 is 0 Å². The minimum atomic E-state index is -0.331. The maximum absolute atomic E-state index is 12.0. The molecule has 1 aromatic heterocycles. The predicted octanol–water partition coefficient (Wildman–Crippen LogP) is 2.22. The first-order chi connectivity index (χ1) is 9.08. The summed E-state index contributed by atoms with van der Waals surface area (Å²) in [6.45, 7) is 3.67. The molecule has 1 aromatic carbocycles. The Morgan fingerprint density at radius 3 is 2.53 bits per heavy atom. The highest BCUT2D eigenvalue weighted by molar-refractivity contribution is 6.03. The van der Waals surface area contributed by atoms with Crippen LogP contribution in [-0.4, -0.2) is 15.9 Å². The lowest BCUT2D eigenvalue weighted by Crippen LogP contribution is -2.15. The lowest BCUT2D eigenvalue weighted by molar-refractivity contribution is 0.102. The molecule has 94 valence electrons. The first-order valence-electron chi connectivity index (χ1n) is 5.72. The van der Waals surface area contributed by atoms with E-state index in [4.69, 9.17) is 5.26 Å². The Balaban J connectivity index is 2.23. The number of amides is 1. The molecule has 1 heterocycles. The van der Waals surface area contributed by atoms with Crippen LogP contribution < -0.4 is 5.32 Å². The molecule has 2 rings (SSSR count). The molecular formula is C14H12N4O. The zero-order valence-electron chi connectivity index (χ0n) is 10.6. The maximum atomic E-state index is 12.0. The van der Waals surface area contributed by atoms with E-state index in [-0.39, 0.29) is 11.9 Å². The van der Waals surface area contributed by atoms with Crippen molar-refractivity contribution < 1.29 is 4.79 Å². The van der Waals surface area contributed by atoms with Gasteiger partial charge in [0.1, 0.15) is 0 Å². The summed E-state index contributed by atoms with van der Waals surface area (Å²) < 4.78 is 0. The van der Waals surface area contributed by atoms with Crippen LogP contribution in [0.25, 0.3) is 0 Å². The molecule has 1 N–H and O–H groups in total. The summed E-state index contributed by atoms with van der Waals surface area (Å²) in [5, 5.41) is 11.4. The van der Waals surface area contributed by atoms with Crippen LogP contribution in [-0.2, 0) is 0 Å². The Morgan fingerprint density at radius 2 is 1.89 bits per heavy atom. The number of anilines is 1.